The maximum Gasteiger partial charge on any atom is 0.119 e. The van der Waals surface area contributed by atoms with Gasteiger partial charge < -0.3 is 9.84 Å². The van der Waals surface area contributed by atoms with Gasteiger partial charge in [0.05, 0.1) is 18.2 Å². The van der Waals surface area contributed by atoms with Crippen LogP contribution in [0.2, 0.25) is 0 Å². The molecule has 0 spiro atoms. The van der Waals surface area contributed by atoms with Crippen LogP contribution in [0.4, 0.5) is 0 Å². The number of nitrogens with zero attached hydrogens (tertiary/aromatic N) is 1. The smallest absolute Gasteiger partial charge is 0.119 e. The van der Waals surface area contributed by atoms with Crippen LogP contribution in [0.3, 0.4) is 0 Å². The maximum atomic E-state index is 10.2. The van der Waals surface area contributed by atoms with E-state index < -0.39 is 5.60 Å². The number of likely N-dealkylation sites (N-methyl/N-ethyl adjacent to an activating group) is 1. The molecule has 1 unspecified atom stereocenters. The van der Waals surface area contributed by atoms with Gasteiger partial charge in [0.2, 0.25) is 0 Å². The van der Waals surface area contributed by atoms with Crippen molar-refractivity contribution in [3.63, 3.8) is 0 Å². The lowest BCUT2D eigenvalue weighted by atomic mass is 9.91. The van der Waals surface area contributed by atoms with Gasteiger partial charge in [0, 0.05) is 0 Å². The van der Waals surface area contributed by atoms with Gasteiger partial charge in [0.1, 0.15) is 5.75 Å². The van der Waals surface area contributed by atoms with Gasteiger partial charge in [0.15, 0.2) is 0 Å². The highest BCUT2D eigenvalue weighted by Gasteiger charge is 2.30. The van der Waals surface area contributed by atoms with E-state index >= 15 is 0 Å². The van der Waals surface area contributed by atoms with Crippen LogP contribution < -0.4 is 4.74 Å². The Labute approximate surface area is 104 Å². The van der Waals surface area contributed by atoms with Crippen LogP contribution in [0.15, 0.2) is 24.3 Å². The third-order valence-electron chi connectivity index (χ3n) is 2.69. The fraction of sp³-hybridized carbons (Fsp3) is 0.571. The molecule has 0 amide bonds. The molecule has 0 aromatic heterocycles. The monoisotopic (exact) mass is 237 g/mol. The number of hydrogen-bond donors (Lipinski definition) is 1. The molecule has 3 nitrogen and oxygen atoms in total. The van der Waals surface area contributed by atoms with Crippen molar-refractivity contribution in [3.05, 3.63) is 29.8 Å². The van der Waals surface area contributed by atoms with Crippen molar-refractivity contribution in [1.82, 2.24) is 4.90 Å². The lowest BCUT2D eigenvalue weighted by Gasteiger charge is -2.35. The Hall–Kier alpha value is -1.06. The molecule has 0 fully saturated rings. The minimum atomic E-state index is -0.781. The van der Waals surface area contributed by atoms with E-state index in [0.717, 1.165) is 11.3 Å². The average Bonchev–Trinajstić information content (AvgIpc) is 2.18. The van der Waals surface area contributed by atoms with Crippen LogP contribution in [0.1, 0.15) is 32.4 Å². The van der Waals surface area contributed by atoms with E-state index in [1.807, 2.05) is 64.0 Å². The van der Waals surface area contributed by atoms with Gasteiger partial charge in [-0.2, -0.15) is 0 Å². The fourth-order valence-corrected chi connectivity index (χ4v) is 2.25. The van der Waals surface area contributed by atoms with Crippen LogP contribution in [0.5, 0.6) is 5.75 Å². The van der Waals surface area contributed by atoms with Crippen molar-refractivity contribution in [2.75, 3.05) is 20.7 Å². The second-order valence-electron chi connectivity index (χ2n) is 5.02. The molecule has 1 rings (SSSR count). The Morgan fingerprint density at radius 1 is 1.24 bits per heavy atom. The standard InChI is InChI=1S/C14H23NO2/c1-6-17-12-9-7-11(8-10-12)13(15(4)5)14(2,3)16/h7-10,13,16H,6H2,1-5H3. The number of ether oxygens (including phenoxy) is 1. The normalized spacial score (nSPS) is 13.8. The highest BCUT2D eigenvalue weighted by molar-refractivity contribution is 5.30. The molecule has 0 heterocycles. The summed E-state index contributed by atoms with van der Waals surface area (Å²) in [7, 11) is 3.94. The molecule has 1 aromatic rings. The molecule has 0 aliphatic rings. The van der Waals surface area contributed by atoms with Crippen molar-refractivity contribution >= 4 is 0 Å². The molecular formula is C14H23NO2. The first-order chi connectivity index (χ1) is 7.86. The van der Waals surface area contributed by atoms with Crippen molar-refractivity contribution in [1.29, 1.82) is 0 Å². The van der Waals surface area contributed by atoms with E-state index in [0.29, 0.717) is 6.61 Å². The van der Waals surface area contributed by atoms with E-state index in [4.69, 9.17) is 4.74 Å². The first-order valence-corrected chi connectivity index (χ1v) is 5.97. The van der Waals surface area contributed by atoms with E-state index in [1.165, 1.54) is 0 Å². The summed E-state index contributed by atoms with van der Waals surface area (Å²) in [6.07, 6.45) is 0. The van der Waals surface area contributed by atoms with Gasteiger partial charge in [-0.15, -0.1) is 0 Å². The summed E-state index contributed by atoms with van der Waals surface area (Å²) >= 11 is 0. The zero-order valence-corrected chi connectivity index (χ0v) is 11.4. The van der Waals surface area contributed by atoms with E-state index in [9.17, 15) is 5.11 Å². The van der Waals surface area contributed by atoms with Crippen molar-refractivity contribution in [2.24, 2.45) is 0 Å². The van der Waals surface area contributed by atoms with Crippen LogP contribution >= 0.6 is 0 Å². The Kier molecular flexibility index (Phi) is 4.54. The minimum Gasteiger partial charge on any atom is -0.494 e. The summed E-state index contributed by atoms with van der Waals surface area (Å²) in [5.41, 5.74) is 0.308. The van der Waals surface area contributed by atoms with Crippen molar-refractivity contribution in [3.8, 4) is 5.75 Å². The van der Waals surface area contributed by atoms with Gasteiger partial charge in [0.25, 0.3) is 0 Å². The van der Waals surface area contributed by atoms with E-state index in [2.05, 4.69) is 0 Å². The molecule has 17 heavy (non-hydrogen) atoms. The largest absolute Gasteiger partial charge is 0.494 e. The quantitative estimate of drug-likeness (QED) is 0.854. The van der Waals surface area contributed by atoms with Crippen molar-refractivity contribution < 1.29 is 9.84 Å². The summed E-state index contributed by atoms with van der Waals surface area (Å²) < 4.78 is 5.41. The second kappa shape index (κ2) is 5.52. The van der Waals surface area contributed by atoms with Gasteiger partial charge in [-0.25, -0.2) is 0 Å². The first kappa shape index (κ1) is 14.0. The zero-order valence-electron chi connectivity index (χ0n) is 11.4. The zero-order chi connectivity index (χ0) is 13.1. The first-order valence-electron chi connectivity index (χ1n) is 5.97. The van der Waals surface area contributed by atoms with Crippen LogP contribution in [-0.2, 0) is 0 Å². The van der Waals surface area contributed by atoms with Crippen LogP contribution in [0.25, 0.3) is 0 Å². The Morgan fingerprint density at radius 3 is 2.12 bits per heavy atom. The van der Waals surface area contributed by atoms with Crippen LogP contribution in [0, 0.1) is 0 Å². The summed E-state index contributed by atoms with van der Waals surface area (Å²) in [5.74, 6) is 0.865. The number of rotatable bonds is 5. The molecule has 0 bridgehead atoms. The van der Waals surface area contributed by atoms with E-state index in [-0.39, 0.29) is 6.04 Å². The van der Waals surface area contributed by atoms with Gasteiger partial charge in [-0.1, -0.05) is 12.1 Å². The molecular weight excluding hydrogens is 214 g/mol. The molecule has 0 aliphatic heterocycles. The topological polar surface area (TPSA) is 32.7 Å². The highest BCUT2D eigenvalue weighted by Crippen LogP contribution is 2.30. The second-order valence-corrected chi connectivity index (χ2v) is 5.02. The maximum absolute atomic E-state index is 10.2. The highest BCUT2D eigenvalue weighted by atomic mass is 16.5. The van der Waals surface area contributed by atoms with Gasteiger partial charge in [-0.05, 0) is 52.6 Å². The molecule has 1 aromatic carbocycles. The van der Waals surface area contributed by atoms with Crippen molar-refractivity contribution in [2.45, 2.75) is 32.4 Å². The fourth-order valence-electron chi connectivity index (χ4n) is 2.25. The summed E-state index contributed by atoms with van der Waals surface area (Å²) in [6, 6.07) is 7.88. The summed E-state index contributed by atoms with van der Waals surface area (Å²) in [6.45, 7) is 6.29. The predicted octanol–water partition coefficient (Wildman–Crippen LogP) is 2.46. The van der Waals surface area contributed by atoms with E-state index in [1.54, 1.807) is 0 Å². The molecule has 96 valence electrons. The third-order valence-corrected chi connectivity index (χ3v) is 2.69. The molecule has 0 aliphatic carbocycles. The molecule has 1 N–H and O–H groups in total. The molecule has 0 saturated carbocycles. The SMILES string of the molecule is CCOc1ccc(C(N(C)C)C(C)(C)O)cc1. The summed E-state index contributed by atoms with van der Waals surface area (Å²) in [5, 5.41) is 10.2. The number of aliphatic hydroxyl groups is 1. The molecule has 0 saturated heterocycles. The van der Waals surface area contributed by atoms with Crippen LogP contribution in [-0.4, -0.2) is 36.3 Å². The minimum absolute atomic E-state index is 0.0295. The van der Waals surface area contributed by atoms with Gasteiger partial charge >= 0.3 is 0 Å². The molecule has 0 radical (unpaired) electrons. The third kappa shape index (κ3) is 3.72. The Bertz CT molecular complexity index is 338. The lowest BCUT2D eigenvalue weighted by molar-refractivity contribution is -0.00317. The number of benzene rings is 1. The molecule has 3 heteroatoms. The lowest BCUT2D eigenvalue weighted by Crippen LogP contribution is -2.38. The Morgan fingerprint density at radius 2 is 1.76 bits per heavy atom. The van der Waals surface area contributed by atoms with Gasteiger partial charge in [-0.3, -0.25) is 4.90 Å². The average molecular weight is 237 g/mol. The Balaban J connectivity index is 2.96. The number of hydrogen-bond acceptors (Lipinski definition) is 3. The summed E-state index contributed by atoms with van der Waals surface area (Å²) in [4.78, 5) is 2.02. The predicted molar refractivity (Wildman–Crippen MR) is 70.3 cm³/mol. The molecule has 1 atom stereocenters.